The van der Waals surface area contributed by atoms with Crippen LogP contribution in [0.4, 0.5) is 0 Å². The Bertz CT molecular complexity index is 483. The maximum Gasteiger partial charge on any atom is 0.119 e. The van der Waals surface area contributed by atoms with Gasteiger partial charge in [-0.05, 0) is 36.2 Å². The smallest absolute Gasteiger partial charge is 0.119 e. The predicted octanol–water partition coefficient (Wildman–Crippen LogP) is 2.72. The lowest BCUT2D eigenvalue weighted by atomic mass is 10.1. The van der Waals surface area contributed by atoms with Crippen molar-refractivity contribution >= 4 is 0 Å². The highest BCUT2D eigenvalue weighted by Gasteiger charge is 2.01. The molecular weight excluding hydrogens is 224 g/mol. The fraction of sp³-hybridized carbons (Fsp3) is 0.267. The molecule has 2 N–H and O–H groups in total. The van der Waals surface area contributed by atoms with Gasteiger partial charge in [-0.1, -0.05) is 18.2 Å². The molecule has 0 amide bonds. The summed E-state index contributed by atoms with van der Waals surface area (Å²) in [6, 6.07) is 12.0. The second-order valence-electron chi connectivity index (χ2n) is 4.32. The van der Waals surface area contributed by atoms with E-state index in [0.717, 1.165) is 17.7 Å². The zero-order valence-corrected chi connectivity index (χ0v) is 10.5. The molecule has 0 spiro atoms. The first kappa shape index (κ1) is 12.6. The Morgan fingerprint density at radius 3 is 2.89 bits per heavy atom. The number of hydrogen-bond donors (Lipinski definition) is 1. The van der Waals surface area contributed by atoms with Crippen LogP contribution in [0.25, 0.3) is 0 Å². The van der Waals surface area contributed by atoms with E-state index in [1.165, 1.54) is 5.56 Å². The van der Waals surface area contributed by atoms with Crippen molar-refractivity contribution in [3.8, 4) is 5.75 Å². The minimum Gasteiger partial charge on any atom is -0.493 e. The van der Waals surface area contributed by atoms with E-state index >= 15 is 0 Å². The molecule has 0 saturated heterocycles. The van der Waals surface area contributed by atoms with Crippen molar-refractivity contribution in [3.05, 3.63) is 59.9 Å². The van der Waals surface area contributed by atoms with E-state index < -0.39 is 0 Å². The number of hydrogen-bond acceptors (Lipinski definition) is 3. The van der Waals surface area contributed by atoms with Gasteiger partial charge >= 0.3 is 0 Å². The zero-order chi connectivity index (χ0) is 12.8. The molecule has 0 bridgehead atoms. The molecule has 94 valence electrons. The van der Waals surface area contributed by atoms with Crippen LogP contribution >= 0.6 is 0 Å². The number of nitrogens with two attached hydrogens (primary N) is 1. The molecular formula is C15H18N2O. The number of nitrogens with zero attached hydrogens (tertiary/aromatic N) is 1. The number of pyridine rings is 1. The number of benzene rings is 1. The highest BCUT2D eigenvalue weighted by Crippen LogP contribution is 2.17. The molecule has 3 heteroatoms. The summed E-state index contributed by atoms with van der Waals surface area (Å²) in [6.07, 6.45) is 4.49. The molecule has 3 nitrogen and oxygen atoms in total. The second-order valence-corrected chi connectivity index (χ2v) is 4.32. The van der Waals surface area contributed by atoms with E-state index in [0.29, 0.717) is 6.61 Å². The van der Waals surface area contributed by atoms with Crippen molar-refractivity contribution in [2.24, 2.45) is 5.73 Å². The molecule has 2 aromatic rings. The monoisotopic (exact) mass is 242 g/mol. The van der Waals surface area contributed by atoms with E-state index in [-0.39, 0.29) is 6.04 Å². The van der Waals surface area contributed by atoms with Crippen LogP contribution in [-0.4, -0.2) is 11.6 Å². The first-order chi connectivity index (χ1) is 8.75. The quantitative estimate of drug-likeness (QED) is 0.877. The van der Waals surface area contributed by atoms with Gasteiger partial charge in [-0.3, -0.25) is 4.98 Å². The standard InChI is InChI=1S/C15H18N2O/c1-12(16)14-5-2-6-15(10-14)18-9-7-13-4-3-8-17-11-13/h2-6,8,10-12H,7,9,16H2,1H3/t12-/m0/s1. The van der Waals surface area contributed by atoms with E-state index in [4.69, 9.17) is 10.5 Å². The van der Waals surface area contributed by atoms with Crippen LogP contribution in [0, 0.1) is 0 Å². The molecule has 1 aromatic heterocycles. The van der Waals surface area contributed by atoms with Crippen LogP contribution in [0.5, 0.6) is 5.75 Å². The normalized spacial score (nSPS) is 12.1. The zero-order valence-electron chi connectivity index (χ0n) is 10.5. The van der Waals surface area contributed by atoms with Crippen molar-refractivity contribution in [2.45, 2.75) is 19.4 Å². The molecule has 0 saturated carbocycles. The molecule has 0 aliphatic carbocycles. The predicted molar refractivity (Wildman–Crippen MR) is 72.5 cm³/mol. The molecule has 0 aliphatic heterocycles. The maximum atomic E-state index is 5.84. The van der Waals surface area contributed by atoms with Gasteiger partial charge in [0.05, 0.1) is 6.61 Å². The third-order valence-electron chi connectivity index (χ3n) is 2.77. The summed E-state index contributed by atoms with van der Waals surface area (Å²) >= 11 is 0. The third-order valence-corrected chi connectivity index (χ3v) is 2.77. The Kier molecular flexibility index (Phi) is 4.31. The summed E-state index contributed by atoms with van der Waals surface area (Å²) in [5.41, 5.74) is 8.11. The second kappa shape index (κ2) is 6.17. The summed E-state index contributed by atoms with van der Waals surface area (Å²) in [5, 5.41) is 0. The number of aromatic nitrogens is 1. The number of rotatable bonds is 5. The molecule has 0 unspecified atom stereocenters. The highest BCUT2D eigenvalue weighted by atomic mass is 16.5. The Morgan fingerprint density at radius 1 is 1.28 bits per heavy atom. The topological polar surface area (TPSA) is 48.1 Å². The van der Waals surface area contributed by atoms with E-state index in [1.807, 2.05) is 43.5 Å². The molecule has 1 aromatic carbocycles. The highest BCUT2D eigenvalue weighted by molar-refractivity contribution is 5.30. The number of ether oxygens (including phenoxy) is 1. The Hall–Kier alpha value is -1.87. The lowest BCUT2D eigenvalue weighted by Gasteiger charge is -2.10. The summed E-state index contributed by atoms with van der Waals surface area (Å²) in [5.74, 6) is 0.869. The Morgan fingerprint density at radius 2 is 2.17 bits per heavy atom. The van der Waals surface area contributed by atoms with Crippen molar-refractivity contribution in [1.82, 2.24) is 4.98 Å². The van der Waals surface area contributed by atoms with Crippen molar-refractivity contribution < 1.29 is 4.74 Å². The van der Waals surface area contributed by atoms with Crippen molar-refractivity contribution in [2.75, 3.05) is 6.61 Å². The van der Waals surface area contributed by atoms with Gasteiger partial charge in [0.15, 0.2) is 0 Å². The summed E-state index contributed by atoms with van der Waals surface area (Å²) in [7, 11) is 0. The van der Waals surface area contributed by atoms with Crippen LogP contribution < -0.4 is 10.5 Å². The first-order valence-electron chi connectivity index (χ1n) is 6.13. The molecule has 2 rings (SSSR count). The fourth-order valence-corrected chi connectivity index (χ4v) is 1.72. The van der Waals surface area contributed by atoms with E-state index in [2.05, 4.69) is 11.1 Å². The SMILES string of the molecule is C[C@H](N)c1cccc(OCCc2cccnc2)c1. The lowest BCUT2D eigenvalue weighted by molar-refractivity contribution is 0.321. The summed E-state index contributed by atoms with van der Waals surface area (Å²) in [4.78, 5) is 4.08. The Balaban J connectivity index is 1.89. The maximum absolute atomic E-state index is 5.84. The minimum absolute atomic E-state index is 0.0341. The molecule has 0 radical (unpaired) electrons. The average molecular weight is 242 g/mol. The van der Waals surface area contributed by atoms with Gasteiger partial charge in [0.1, 0.15) is 5.75 Å². The fourth-order valence-electron chi connectivity index (χ4n) is 1.72. The van der Waals surface area contributed by atoms with E-state index in [1.54, 1.807) is 6.20 Å². The molecule has 0 aliphatic rings. The summed E-state index contributed by atoms with van der Waals surface area (Å²) < 4.78 is 5.72. The van der Waals surface area contributed by atoms with Crippen LogP contribution in [0.15, 0.2) is 48.8 Å². The van der Waals surface area contributed by atoms with Gasteiger partial charge < -0.3 is 10.5 Å². The van der Waals surface area contributed by atoms with Gasteiger partial charge in [-0.15, -0.1) is 0 Å². The average Bonchev–Trinajstić information content (AvgIpc) is 2.40. The third kappa shape index (κ3) is 3.57. The molecule has 1 heterocycles. The van der Waals surface area contributed by atoms with Gasteiger partial charge in [-0.2, -0.15) is 0 Å². The van der Waals surface area contributed by atoms with Gasteiger partial charge in [0, 0.05) is 24.9 Å². The minimum atomic E-state index is 0.0341. The largest absolute Gasteiger partial charge is 0.493 e. The first-order valence-corrected chi connectivity index (χ1v) is 6.13. The Labute approximate surface area is 108 Å². The van der Waals surface area contributed by atoms with Gasteiger partial charge in [0.25, 0.3) is 0 Å². The van der Waals surface area contributed by atoms with Crippen molar-refractivity contribution in [1.29, 1.82) is 0 Å². The molecule has 18 heavy (non-hydrogen) atoms. The van der Waals surface area contributed by atoms with Gasteiger partial charge in [0.2, 0.25) is 0 Å². The van der Waals surface area contributed by atoms with Crippen LogP contribution in [0.1, 0.15) is 24.1 Å². The van der Waals surface area contributed by atoms with Crippen LogP contribution in [0.2, 0.25) is 0 Å². The van der Waals surface area contributed by atoms with E-state index in [9.17, 15) is 0 Å². The van der Waals surface area contributed by atoms with Crippen molar-refractivity contribution in [3.63, 3.8) is 0 Å². The van der Waals surface area contributed by atoms with Gasteiger partial charge in [-0.25, -0.2) is 0 Å². The lowest BCUT2D eigenvalue weighted by Crippen LogP contribution is -2.06. The molecule has 1 atom stereocenters. The summed E-state index contributed by atoms with van der Waals surface area (Å²) in [6.45, 7) is 2.61. The van der Waals surface area contributed by atoms with Crippen LogP contribution in [0.3, 0.4) is 0 Å². The molecule has 0 fully saturated rings. The van der Waals surface area contributed by atoms with Crippen LogP contribution in [-0.2, 0) is 6.42 Å².